The lowest BCUT2D eigenvalue weighted by molar-refractivity contribution is 0.323. The van der Waals surface area contributed by atoms with Crippen molar-refractivity contribution in [3.05, 3.63) is 339 Å². The number of hydrogen-bond acceptors (Lipinski definition) is 26. The van der Waals surface area contributed by atoms with Gasteiger partial charge >= 0.3 is 22.2 Å². The van der Waals surface area contributed by atoms with Gasteiger partial charge in [-0.1, -0.05) is 88.3 Å². The van der Waals surface area contributed by atoms with E-state index in [-0.39, 0.29) is 51.8 Å². The minimum Gasteiger partial charge on any atom is -0.487 e. The summed E-state index contributed by atoms with van der Waals surface area (Å²) in [6.45, 7) is 17.9. The third-order valence-electron chi connectivity index (χ3n) is 16.2. The second-order valence-electron chi connectivity index (χ2n) is 24.6. The Morgan fingerprint density at radius 3 is 0.763 bits per heavy atom. The zero-order chi connectivity index (χ0) is 83.8. The molecule has 0 fully saturated rings. The first-order chi connectivity index (χ1) is 57.1. The molecule has 0 N–H and O–H groups in total. The monoisotopic (exact) mass is 1740 g/mol. The summed E-state index contributed by atoms with van der Waals surface area (Å²) in [5, 5.41) is 27.2. The van der Waals surface area contributed by atoms with E-state index in [2.05, 4.69) is 40.6 Å². The number of pyridine rings is 2. The van der Waals surface area contributed by atoms with Gasteiger partial charge in [0.15, 0.2) is 0 Å². The lowest BCUT2D eigenvalue weighted by Crippen LogP contribution is -2.24. The van der Waals surface area contributed by atoms with Crippen LogP contribution in [0.2, 0.25) is 0 Å². The first-order valence-corrected chi connectivity index (χ1v) is 44.6. The summed E-state index contributed by atoms with van der Waals surface area (Å²) in [5.41, 5.74) is 5.06. The second kappa shape index (κ2) is 42.7. The van der Waals surface area contributed by atoms with Gasteiger partial charge in [0.2, 0.25) is 23.0 Å². The largest absolute Gasteiger partial charge is 0.487 e. The van der Waals surface area contributed by atoms with Crippen molar-refractivity contribution in [1.29, 1.82) is 0 Å². The summed E-state index contributed by atoms with van der Waals surface area (Å²) in [5.74, 6) is -0.597. The molecular formula is C83H73F3N14O10S8. The van der Waals surface area contributed by atoms with Crippen LogP contribution in [0.4, 0.5) is 13.2 Å². The molecule has 0 atom stereocenters. The van der Waals surface area contributed by atoms with Crippen molar-refractivity contribution < 1.29 is 32.1 Å². The number of aromatic nitrogens is 14. The van der Waals surface area contributed by atoms with Crippen molar-refractivity contribution in [2.75, 3.05) is 26.4 Å². The molecule has 8 aromatic heterocycles. The van der Waals surface area contributed by atoms with E-state index in [9.17, 15) is 41.9 Å². The van der Waals surface area contributed by atoms with Gasteiger partial charge < -0.3 is 18.9 Å². The van der Waals surface area contributed by atoms with E-state index in [0.29, 0.717) is 83.1 Å². The summed E-state index contributed by atoms with van der Waals surface area (Å²) in [6.07, 6.45) is 12.9. The van der Waals surface area contributed by atoms with Crippen molar-refractivity contribution in [2.45, 2.75) is 102 Å². The fraction of sp³-hybridized carbons (Fsp3) is 0.157. The van der Waals surface area contributed by atoms with E-state index in [1.165, 1.54) is 174 Å². The number of ether oxygens (including phenoxy) is 4. The van der Waals surface area contributed by atoms with E-state index in [1.807, 2.05) is 144 Å². The van der Waals surface area contributed by atoms with Gasteiger partial charge in [0.25, 0.3) is 11.1 Å². The molecule has 6 aromatic carbocycles. The molecular weight excluding hydrogens is 1670 g/mol. The maximum Gasteiger partial charge on any atom is 0.315 e. The molecule has 0 bridgehead atoms. The van der Waals surface area contributed by atoms with Crippen LogP contribution in [0.25, 0.3) is 34.1 Å². The summed E-state index contributed by atoms with van der Waals surface area (Å²) >= 11 is 0. The summed E-state index contributed by atoms with van der Waals surface area (Å²) in [6, 6.07) is 51.0. The lowest BCUT2D eigenvalue weighted by atomic mass is 10.2. The topological polar surface area (TPSA) is 272 Å². The first-order valence-electron chi connectivity index (χ1n) is 36.0. The van der Waals surface area contributed by atoms with Crippen LogP contribution in [0.15, 0.2) is 300 Å². The molecule has 0 unspecified atom stereocenters. The minimum atomic E-state index is -0.533. The molecule has 0 radical (unpaired) electrons. The fourth-order valence-corrected chi connectivity index (χ4v) is 18.8. The molecule has 0 aliphatic heterocycles. The predicted molar refractivity (Wildman–Crippen MR) is 463 cm³/mol. The number of hydrogen-bond donors (Lipinski definition) is 0. The van der Waals surface area contributed by atoms with Gasteiger partial charge in [0.05, 0.1) is 117 Å². The molecule has 14 aromatic rings. The second-order valence-corrected chi connectivity index (χ2v) is 33.4. The standard InChI is InChI=1S/C25H24N4O3S2.C23H18F2N4O3S2.C18H17N3O2S2.C17H14FN3O2S2/c1-5-32-23-22(15-27-29(25(23)31)20-11-7-9-17(3)13-20)34-33-21-14-26-28(24(30)18(21)4)19-10-6-8-16(2)12-19;1-3-32-21-20(13-27-29(23(21)31)18-9-5-7-16(25)11-18)34-33-19-12-26-28(22(30)14(19)2)17-8-4-6-15(24)10-17;1-3-23-17-15(24-25-16-9-4-5-10-19-16)12-20-21(18(17)22)14-8-6-7-13(2)11-14;1-2-23-16-14(24-25-15-8-3-4-9-19-15)11-20-21(17(16)22)13-7-5-6-12(18)10-13/h6-15H,5H2,1-4H3;4-13H,3H2,1-2H3;4-12H,3H2,1-2H3;3-11H,2H2,1H3. The molecule has 0 aliphatic carbocycles. The molecule has 0 amide bonds. The molecule has 0 saturated heterocycles. The highest BCUT2D eigenvalue weighted by Gasteiger charge is 2.23. The Hall–Kier alpha value is -11.3. The highest BCUT2D eigenvalue weighted by Crippen LogP contribution is 2.44. The van der Waals surface area contributed by atoms with Crippen molar-refractivity contribution >= 4 is 86.4 Å². The van der Waals surface area contributed by atoms with Crippen molar-refractivity contribution in [2.24, 2.45) is 0 Å². The Balaban J connectivity index is 0.000000156. The van der Waals surface area contributed by atoms with E-state index < -0.39 is 28.6 Å². The number of nitrogens with zero attached hydrogens (tertiary/aromatic N) is 14. The van der Waals surface area contributed by atoms with Crippen LogP contribution in [-0.2, 0) is 0 Å². The van der Waals surface area contributed by atoms with Crippen LogP contribution in [0.5, 0.6) is 23.0 Å². The smallest absolute Gasteiger partial charge is 0.315 e. The van der Waals surface area contributed by atoms with Crippen molar-refractivity contribution in [1.82, 2.24) is 68.7 Å². The minimum absolute atomic E-state index is 0.0676. The van der Waals surface area contributed by atoms with Gasteiger partial charge in [0.1, 0.15) is 27.5 Å². The Morgan fingerprint density at radius 1 is 0.280 bits per heavy atom. The molecule has 35 heteroatoms. The fourth-order valence-electron chi connectivity index (χ4n) is 10.6. The molecule has 118 heavy (non-hydrogen) atoms. The molecule has 604 valence electrons. The quantitative estimate of drug-likeness (QED) is 0.0456. The van der Waals surface area contributed by atoms with Gasteiger partial charge in [0, 0.05) is 33.3 Å². The number of halogens is 3. The third-order valence-corrected chi connectivity index (χ3v) is 25.6. The van der Waals surface area contributed by atoms with E-state index in [4.69, 9.17) is 18.9 Å². The molecule has 14 rings (SSSR count). The number of rotatable bonds is 26. The Bertz CT molecular complexity index is 5880. The van der Waals surface area contributed by atoms with Crippen LogP contribution in [-0.4, -0.2) is 95.1 Å². The molecule has 24 nitrogen and oxygen atoms in total. The highest BCUT2D eigenvalue weighted by molar-refractivity contribution is 8.77. The lowest BCUT2D eigenvalue weighted by Gasteiger charge is -2.13. The van der Waals surface area contributed by atoms with Gasteiger partial charge in [-0.15, -0.1) is 0 Å². The van der Waals surface area contributed by atoms with E-state index in [1.54, 1.807) is 76.9 Å². The zero-order valence-electron chi connectivity index (χ0n) is 64.5. The Morgan fingerprint density at radius 2 is 0.517 bits per heavy atom. The van der Waals surface area contributed by atoms with Crippen molar-refractivity contribution in [3.8, 4) is 57.1 Å². The van der Waals surface area contributed by atoms with Crippen LogP contribution >= 0.6 is 86.4 Å². The Kier molecular flexibility index (Phi) is 31.7. The van der Waals surface area contributed by atoms with Gasteiger partial charge in [-0.25, -0.2) is 23.1 Å². The molecule has 0 spiro atoms. The van der Waals surface area contributed by atoms with Gasteiger partial charge in [-0.2, -0.15) is 58.7 Å². The molecule has 0 saturated carbocycles. The van der Waals surface area contributed by atoms with E-state index in [0.717, 1.165) is 52.2 Å². The van der Waals surface area contributed by atoms with Gasteiger partial charge in [-0.3, -0.25) is 28.8 Å². The van der Waals surface area contributed by atoms with Crippen LogP contribution in [0.3, 0.4) is 0 Å². The first kappa shape index (κ1) is 87.5. The number of aryl methyl sites for hydroxylation is 3. The van der Waals surface area contributed by atoms with Crippen LogP contribution in [0, 0.1) is 52.1 Å². The molecule has 0 aliphatic rings. The zero-order valence-corrected chi connectivity index (χ0v) is 71.0. The van der Waals surface area contributed by atoms with E-state index >= 15 is 0 Å². The van der Waals surface area contributed by atoms with Crippen LogP contribution < -0.4 is 52.3 Å². The highest BCUT2D eigenvalue weighted by atomic mass is 33.1. The van der Waals surface area contributed by atoms with Crippen LogP contribution in [0.1, 0.15) is 55.5 Å². The molecule has 8 heterocycles. The van der Waals surface area contributed by atoms with Crippen molar-refractivity contribution in [3.63, 3.8) is 0 Å². The maximum absolute atomic E-state index is 13.6. The maximum atomic E-state index is 13.6. The average Bonchev–Trinajstić information content (AvgIpc) is 0.820. The summed E-state index contributed by atoms with van der Waals surface area (Å²) in [4.78, 5) is 89.5. The Labute approximate surface area is 706 Å². The normalized spacial score (nSPS) is 10.8. The SMILES string of the molecule is CCOc1c(SSc2ccccn2)cnn(-c2cccc(C)c2)c1=O.CCOc1c(SSc2ccccn2)cnn(-c2cccc(F)c2)c1=O.CCOc1c(SSc2cnn(-c3cccc(C)c3)c(=O)c2C)cnn(-c2cccc(C)c2)c1=O.CCOc1c(SSc2cnn(-c3cccc(F)c3)c(=O)c2C)cnn(-c2cccc(F)c2)c1=O. The predicted octanol–water partition coefficient (Wildman–Crippen LogP) is 17.6. The number of benzene rings is 6. The van der Waals surface area contributed by atoms with Gasteiger partial charge in [-0.05, 0) is 259 Å². The summed E-state index contributed by atoms with van der Waals surface area (Å²) < 4.78 is 70.4. The average molecular weight is 1740 g/mol. The summed E-state index contributed by atoms with van der Waals surface area (Å²) in [7, 11) is 10.7. The third kappa shape index (κ3) is 22.7.